The molecular formula is C11H13NO3. The van der Waals surface area contributed by atoms with Gasteiger partial charge in [0.1, 0.15) is 12.4 Å². The van der Waals surface area contributed by atoms with Crippen LogP contribution in [0.4, 0.5) is 4.79 Å². The van der Waals surface area contributed by atoms with Crippen molar-refractivity contribution in [1.29, 1.82) is 0 Å². The number of benzene rings is 1. The second kappa shape index (κ2) is 4.21. The maximum absolute atomic E-state index is 10.7. The van der Waals surface area contributed by atoms with Gasteiger partial charge in [0, 0.05) is 0 Å². The van der Waals surface area contributed by atoms with Crippen LogP contribution in [-0.2, 0) is 4.74 Å². The van der Waals surface area contributed by atoms with E-state index in [1.54, 1.807) is 0 Å². The molecule has 0 bridgehead atoms. The minimum Gasteiger partial charge on any atom is -0.489 e. The molecule has 4 nitrogen and oxygen atoms in total. The third-order valence-electron chi connectivity index (χ3n) is 2.27. The summed E-state index contributed by atoms with van der Waals surface area (Å²) in [5, 5.41) is 2.58. The zero-order valence-electron chi connectivity index (χ0n) is 8.53. The number of aryl methyl sites for hydroxylation is 1. The fourth-order valence-electron chi connectivity index (χ4n) is 1.43. The van der Waals surface area contributed by atoms with E-state index < -0.39 is 0 Å². The first-order valence-corrected chi connectivity index (χ1v) is 4.88. The van der Waals surface area contributed by atoms with Gasteiger partial charge in [-0.25, -0.2) is 4.79 Å². The van der Waals surface area contributed by atoms with E-state index in [0.29, 0.717) is 13.2 Å². The monoisotopic (exact) mass is 207 g/mol. The molecule has 1 aliphatic heterocycles. The Morgan fingerprint density at radius 1 is 1.53 bits per heavy atom. The second-order valence-electron chi connectivity index (χ2n) is 3.48. The summed E-state index contributed by atoms with van der Waals surface area (Å²) < 4.78 is 10.5. The van der Waals surface area contributed by atoms with Crippen molar-refractivity contribution in [3.05, 3.63) is 29.8 Å². The van der Waals surface area contributed by atoms with E-state index >= 15 is 0 Å². The largest absolute Gasteiger partial charge is 0.489 e. The van der Waals surface area contributed by atoms with Crippen molar-refractivity contribution in [2.24, 2.45) is 0 Å². The number of hydrogen-bond acceptors (Lipinski definition) is 3. The van der Waals surface area contributed by atoms with Gasteiger partial charge in [0.25, 0.3) is 0 Å². The summed E-state index contributed by atoms with van der Waals surface area (Å²) in [6.45, 7) is 2.89. The van der Waals surface area contributed by atoms with Gasteiger partial charge in [-0.3, -0.25) is 0 Å². The van der Waals surface area contributed by atoms with Gasteiger partial charge in [0.2, 0.25) is 0 Å². The number of amides is 1. The first kappa shape index (κ1) is 9.83. The maximum Gasteiger partial charge on any atom is 0.407 e. The lowest BCUT2D eigenvalue weighted by Gasteiger charge is -2.11. The van der Waals surface area contributed by atoms with Crippen LogP contribution >= 0.6 is 0 Å². The highest BCUT2D eigenvalue weighted by Gasteiger charge is 2.22. The molecule has 2 rings (SSSR count). The van der Waals surface area contributed by atoms with Crippen LogP contribution in [0.15, 0.2) is 24.3 Å². The van der Waals surface area contributed by atoms with Crippen LogP contribution in [0.3, 0.4) is 0 Å². The number of alkyl carbamates (subject to hydrolysis) is 1. The van der Waals surface area contributed by atoms with Crippen LogP contribution in [0.2, 0.25) is 0 Å². The first-order chi connectivity index (χ1) is 7.25. The van der Waals surface area contributed by atoms with Gasteiger partial charge in [-0.15, -0.1) is 0 Å². The Morgan fingerprint density at radius 2 is 2.33 bits per heavy atom. The fourth-order valence-corrected chi connectivity index (χ4v) is 1.43. The molecule has 1 amide bonds. The molecule has 1 fully saturated rings. The van der Waals surface area contributed by atoms with Crippen LogP contribution in [0.1, 0.15) is 5.56 Å². The summed E-state index contributed by atoms with van der Waals surface area (Å²) in [4.78, 5) is 10.7. The fraction of sp³-hybridized carbons (Fsp3) is 0.364. The summed E-state index contributed by atoms with van der Waals surface area (Å²) in [5.41, 5.74) is 1.08. The quantitative estimate of drug-likeness (QED) is 0.816. The minimum atomic E-state index is -0.367. The second-order valence-corrected chi connectivity index (χ2v) is 3.48. The molecule has 0 aliphatic carbocycles. The van der Waals surface area contributed by atoms with Gasteiger partial charge in [-0.05, 0) is 18.6 Å². The Labute approximate surface area is 88.2 Å². The topological polar surface area (TPSA) is 47.6 Å². The molecule has 1 aliphatic rings. The van der Waals surface area contributed by atoms with Crippen LogP contribution in [0.25, 0.3) is 0 Å². The van der Waals surface area contributed by atoms with E-state index in [1.807, 2.05) is 31.2 Å². The summed E-state index contributed by atoms with van der Waals surface area (Å²) in [5.74, 6) is 0.834. The van der Waals surface area contributed by atoms with E-state index in [4.69, 9.17) is 9.47 Å². The lowest BCUT2D eigenvalue weighted by molar-refractivity contribution is 0.104. The molecule has 0 spiro atoms. The van der Waals surface area contributed by atoms with Crippen LogP contribution in [-0.4, -0.2) is 25.3 Å². The lowest BCUT2D eigenvalue weighted by Crippen LogP contribution is -2.22. The Bertz CT molecular complexity index is 365. The average Bonchev–Trinajstić information content (AvgIpc) is 2.63. The average molecular weight is 207 g/mol. The summed E-state index contributed by atoms with van der Waals surface area (Å²) in [6, 6.07) is 7.76. The number of ether oxygens (including phenoxy) is 2. The van der Waals surface area contributed by atoms with Gasteiger partial charge < -0.3 is 14.8 Å². The van der Waals surface area contributed by atoms with E-state index in [0.717, 1.165) is 11.3 Å². The predicted octanol–water partition coefficient (Wildman–Crippen LogP) is 1.48. The number of nitrogens with one attached hydrogen (secondary N) is 1. The smallest absolute Gasteiger partial charge is 0.407 e. The van der Waals surface area contributed by atoms with Gasteiger partial charge in [0.05, 0.1) is 6.54 Å². The molecule has 80 valence electrons. The van der Waals surface area contributed by atoms with E-state index in [9.17, 15) is 4.79 Å². The van der Waals surface area contributed by atoms with Crippen molar-refractivity contribution in [3.63, 3.8) is 0 Å². The Morgan fingerprint density at radius 3 is 3.00 bits per heavy atom. The number of carbonyl (C=O) groups excluding carboxylic acids is 1. The third kappa shape index (κ3) is 2.40. The maximum atomic E-state index is 10.7. The van der Waals surface area contributed by atoms with E-state index in [2.05, 4.69) is 5.32 Å². The highest BCUT2D eigenvalue weighted by atomic mass is 16.6. The summed E-state index contributed by atoms with van der Waals surface area (Å²) >= 11 is 0. The minimum absolute atomic E-state index is 0.183. The zero-order chi connectivity index (χ0) is 10.7. The number of cyclic esters (lactones) is 1. The molecule has 1 heterocycles. The molecule has 0 aromatic heterocycles. The van der Waals surface area contributed by atoms with Crippen LogP contribution in [0.5, 0.6) is 5.75 Å². The number of para-hydroxylation sites is 1. The van der Waals surface area contributed by atoms with Crippen molar-refractivity contribution in [1.82, 2.24) is 5.32 Å². The molecule has 0 unspecified atom stereocenters. The van der Waals surface area contributed by atoms with E-state index in [-0.39, 0.29) is 12.2 Å². The van der Waals surface area contributed by atoms with Crippen molar-refractivity contribution in [2.45, 2.75) is 13.0 Å². The summed E-state index contributed by atoms with van der Waals surface area (Å²) in [6.07, 6.45) is -0.550. The van der Waals surface area contributed by atoms with Crippen LogP contribution < -0.4 is 10.1 Å². The van der Waals surface area contributed by atoms with Crippen molar-refractivity contribution >= 4 is 6.09 Å². The van der Waals surface area contributed by atoms with Gasteiger partial charge >= 0.3 is 6.09 Å². The summed E-state index contributed by atoms with van der Waals surface area (Å²) in [7, 11) is 0. The van der Waals surface area contributed by atoms with Crippen LogP contribution in [0, 0.1) is 6.92 Å². The predicted molar refractivity (Wildman–Crippen MR) is 54.9 cm³/mol. The molecule has 0 radical (unpaired) electrons. The van der Waals surface area contributed by atoms with Crippen molar-refractivity contribution in [3.8, 4) is 5.75 Å². The number of hydrogen-bond donors (Lipinski definition) is 1. The highest BCUT2D eigenvalue weighted by molar-refractivity contribution is 5.69. The first-order valence-electron chi connectivity index (χ1n) is 4.88. The molecule has 1 aromatic rings. The number of rotatable bonds is 3. The Hall–Kier alpha value is -1.71. The standard InChI is InChI=1S/C11H13NO3/c1-8-4-2-3-5-10(8)14-7-9-6-12-11(13)15-9/h2-5,9H,6-7H2,1H3,(H,12,13)/t9-/m0/s1. The molecule has 1 aromatic carbocycles. The van der Waals surface area contributed by atoms with Gasteiger partial charge in [0.15, 0.2) is 6.10 Å². The molecule has 1 atom stereocenters. The Kier molecular flexibility index (Phi) is 2.76. The normalized spacial score (nSPS) is 19.5. The Balaban J connectivity index is 1.88. The molecule has 15 heavy (non-hydrogen) atoms. The molecule has 1 saturated heterocycles. The third-order valence-corrected chi connectivity index (χ3v) is 2.27. The van der Waals surface area contributed by atoms with Crippen molar-refractivity contribution < 1.29 is 14.3 Å². The van der Waals surface area contributed by atoms with E-state index in [1.165, 1.54) is 0 Å². The molecule has 4 heteroatoms. The molecular weight excluding hydrogens is 194 g/mol. The zero-order valence-corrected chi connectivity index (χ0v) is 8.53. The molecule has 0 saturated carbocycles. The van der Waals surface area contributed by atoms with Gasteiger partial charge in [-0.2, -0.15) is 0 Å². The molecule has 1 N–H and O–H groups in total. The highest BCUT2D eigenvalue weighted by Crippen LogP contribution is 2.16. The number of carbonyl (C=O) groups is 1. The van der Waals surface area contributed by atoms with Gasteiger partial charge in [-0.1, -0.05) is 18.2 Å². The SMILES string of the molecule is Cc1ccccc1OC[C@@H]1CNC(=O)O1. The lowest BCUT2D eigenvalue weighted by atomic mass is 10.2. The van der Waals surface area contributed by atoms with Crippen molar-refractivity contribution in [2.75, 3.05) is 13.2 Å².